The topological polar surface area (TPSA) is 84.3 Å². The van der Waals surface area contributed by atoms with Crippen molar-refractivity contribution >= 4 is 21.7 Å². The SMILES string of the molecule is CCN(CC)S(=O)(=O)c1ccc(C(=O)Nc2cc(C)nn2-c2cccc(C(F)(F)F)c2)cc1. The van der Waals surface area contributed by atoms with Crippen LogP contribution in [0.3, 0.4) is 0 Å². The number of nitrogens with zero attached hydrogens (tertiary/aromatic N) is 3. The molecule has 33 heavy (non-hydrogen) atoms. The Kier molecular flexibility index (Phi) is 6.94. The second kappa shape index (κ2) is 9.36. The van der Waals surface area contributed by atoms with E-state index in [1.807, 2.05) is 0 Å². The number of nitrogens with one attached hydrogen (secondary N) is 1. The van der Waals surface area contributed by atoms with Gasteiger partial charge in [0.25, 0.3) is 5.91 Å². The number of carbonyl (C=O) groups excluding carboxylic acids is 1. The Hall–Kier alpha value is -3.18. The first kappa shape index (κ1) is 24.5. The van der Waals surface area contributed by atoms with Gasteiger partial charge in [0, 0.05) is 24.7 Å². The average Bonchev–Trinajstić information content (AvgIpc) is 3.14. The van der Waals surface area contributed by atoms with Crippen molar-refractivity contribution in [2.45, 2.75) is 31.8 Å². The number of anilines is 1. The van der Waals surface area contributed by atoms with E-state index in [0.717, 1.165) is 12.1 Å². The van der Waals surface area contributed by atoms with E-state index in [2.05, 4.69) is 10.4 Å². The number of benzene rings is 2. The molecule has 0 atom stereocenters. The molecule has 3 rings (SSSR count). The molecule has 7 nitrogen and oxygen atoms in total. The molecule has 1 amide bonds. The third kappa shape index (κ3) is 5.25. The van der Waals surface area contributed by atoms with Gasteiger partial charge in [-0.25, -0.2) is 13.1 Å². The van der Waals surface area contributed by atoms with Crippen LogP contribution in [0.2, 0.25) is 0 Å². The first-order chi connectivity index (χ1) is 15.5. The second-order valence-corrected chi connectivity index (χ2v) is 9.14. The lowest BCUT2D eigenvalue weighted by Crippen LogP contribution is -2.30. The number of alkyl halides is 3. The largest absolute Gasteiger partial charge is 0.416 e. The molecule has 0 radical (unpaired) electrons. The van der Waals surface area contributed by atoms with Crippen molar-refractivity contribution in [3.63, 3.8) is 0 Å². The predicted molar refractivity (Wildman–Crippen MR) is 118 cm³/mol. The zero-order valence-electron chi connectivity index (χ0n) is 18.2. The zero-order chi connectivity index (χ0) is 24.4. The molecule has 0 saturated heterocycles. The van der Waals surface area contributed by atoms with E-state index in [1.54, 1.807) is 20.8 Å². The van der Waals surface area contributed by atoms with Crippen LogP contribution in [0.25, 0.3) is 5.69 Å². The average molecular weight is 481 g/mol. The molecule has 0 unspecified atom stereocenters. The van der Waals surface area contributed by atoms with Crippen molar-refractivity contribution in [1.82, 2.24) is 14.1 Å². The molecule has 2 aromatic carbocycles. The predicted octanol–water partition coefficient (Wildman–Crippen LogP) is 4.48. The van der Waals surface area contributed by atoms with Crippen LogP contribution >= 0.6 is 0 Å². The summed E-state index contributed by atoms with van der Waals surface area (Å²) in [7, 11) is -3.66. The van der Waals surface area contributed by atoms with Crippen LogP contribution in [-0.4, -0.2) is 41.5 Å². The molecule has 0 fully saturated rings. The Labute approximate surface area is 189 Å². The van der Waals surface area contributed by atoms with Crippen LogP contribution in [0.1, 0.15) is 35.5 Å². The molecular formula is C22H23F3N4O3S. The van der Waals surface area contributed by atoms with Crippen molar-refractivity contribution in [1.29, 1.82) is 0 Å². The smallest absolute Gasteiger partial charge is 0.306 e. The lowest BCUT2D eigenvalue weighted by Gasteiger charge is -2.18. The van der Waals surface area contributed by atoms with E-state index >= 15 is 0 Å². The molecule has 0 spiro atoms. The van der Waals surface area contributed by atoms with Crippen molar-refractivity contribution in [2.24, 2.45) is 0 Å². The van der Waals surface area contributed by atoms with Gasteiger partial charge in [0.2, 0.25) is 10.0 Å². The van der Waals surface area contributed by atoms with Crippen LogP contribution in [0.5, 0.6) is 0 Å². The minimum Gasteiger partial charge on any atom is -0.306 e. The highest BCUT2D eigenvalue weighted by molar-refractivity contribution is 7.89. The number of rotatable bonds is 7. The molecule has 0 aliphatic heterocycles. The number of aryl methyl sites for hydroxylation is 1. The number of amides is 1. The Bertz CT molecular complexity index is 1250. The molecule has 3 aromatic rings. The van der Waals surface area contributed by atoms with Crippen molar-refractivity contribution in [2.75, 3.05) is 18.4 Å². The molecule has 1 heterocycles. The number of halogens is 3. The van der Waals surface area contributed by atoms with Crippen molar-refractivity contribution in [3.8, 4) is 5.69 Å². The van der Waals surface area contributed by atoms with E-state index in [4.69, 9.17) is 0 Å². The van der Waals surface area contributed by atoms with E-state index in [-0.39, 0.29) is 22.0 Å². The van der Waals surface area contributed by atoms with Gasteiger partial charge < -0.3 is 5.32 Å². The van der Waals surface area contributed by atoms with Crippen LogP contribution in [0.15, 0.2) is 59.5 Å². The third-order valence-corrected chi connectivity index (χ3v) is 7.01. The number of hydrogen-bond donors (Lipinski definition) is 1. The van der Waals surface area contributed by atoms with Gasteiger partial charge in [0.15, 0.2) is 0 Å². The second-order valence-electron chi connectivity index (χ2n) is 7.20. The molecule has 0 aliphatic carbocycles. The highest BCUT2D eigenvalue weighted by atomic mass is 32.2. The number of aromatic nitrogens is 2. The fourth-order valence-corrected chi connectivity index (χ4v) is 4.74. The van der Waals surface area contributed by atoms with Gasteiger partial charge in [0.1, 0.15) is 5.82 Å². The molecule has 11 heteroatoms. The van der Waals surface area contributed by atoms with Crippen molar-refractivity contribution in [3.05, 3.63) is 71.4 Å². The fourth-order valence-electron chi connectivity index (χ4n) is 3.28. The highest BCUT2D eigenvalue weighted by Crippen LogP contribution is 2.31. The van der Waals surface area contributed by atoms with E-state index in [1.165, 1.54) is 51.5 Å². The summed E-state index contributed by atoms with van der Waals surface area (Å²) in [5, 5.41) is 6.81. The van der Waals surface area contributed by atoms with Crippen molar-refractivity contribution < 1.29 is 26.4 Å². The van der Waals surface area contributed by atoms with Gasteiger partial charge in [-0.2, -0.15) is 22.6 Å². The Morgan fingerprint density at radius 3 is 2.27 bits per heavy atom. The van der Waals surface area contributed by atoms with E-state index < -0.39 is 27.7 Å². The zero-order valence-corrected chi connectivity index (χ0v) is 19.0. The summed E-state index contributed by atoms with van der Waals surface area (Å²) in [6, 6.07) is 11.6. The van der Waals surface area contributed by atoms with Gasteiger partial charge in [-0.3, -0.25) is 4.79 Å². The standard InChI is InChI=1S/C22H23F3N4O3S/c1-4-28(5-2)33(31,32)19-11-9-16(10-12-19)21(30)26-20-13-15(3)27-29(20)18-8-6-7-17(14-18)22(23,24)25/h6-14H,4-5H2,1-3H3,(H,26,30). The van der Waals surface area contributed by atoms with Gasteiger partial charge >= 0.3 is 6.18 Å². The summed E-state index contributed by atoms with van der Waals surface area (Å²) in [5.74, 6) is -0.383. The monoisotopic (exact) mass is 480 g/mol. The summed E-state index contributed by atoms with van der Waals surface area (Å²) in [4.78, 5) is 12.8. The van der Waals surface area contributed by atoms with Gasteiger partial charge in [-0.1, -0.05) is 19.9 Å². The Morgan fingerprint density at radius 2 is 1.70 bits per heavy atom. The lowest BCUT2D eigenvalue weighted by atomic mass is 10.2. The molecule has 0 saturated carbocycles. The first-order valence-electron chi connectivity index (χ1n) is 10.1. The van der Waals surface area contributed by atoms with Gasteiger partial charge in [-0.05, 0) is 49.4 Å². The van der Waals surface area contributed by atoms with Gasteiger partial charge in [-0.15, -0.1) is 0 Å². The molecule has 176 valence electrons. The van der Waals surface area contributed by atoms with Gasteiger partial charge in [0.05, 0.1) is 21.8 Å². The minimum atomic E-state index is -4.52. The summed E-state index contributed by atoms with van der Waals surface area (Å²) in [5.41, 5.74) is -0.0318. The fraction of sp³-hybridized carbons (Fsp3) is 0.273. The Balaban J connectivity index is 1.87. The maximum atomic E-state index is 13.1. The van der Waals surface area contributed by atoms with Crippen LogP contribution in [0.4, 0.5) is 19.0 Å². The van der Waals surface area contributed by atoms with E-state index in [0.29, 0.717) is 18.8 Å². The van der Waals surface area contributed by atoms with Crippen LogP contribution in [-0.2, 0) is 16.2 Å². The highest BCUT2D eigenvalue weighted by Gasteiger charge is 2.31. The number of hydrogen-bond acceptors (Lipinski definition) is 4. The van der Waals surface area contributed by atoms with Crippen LogP contribution in [0, 0.1) is 6.92 Å². The number of sulfonamides is 1. The number of carbonyl (C=O) groups is 1. The van der Waals surface area contributed by atoms with Crippen LogP contribution < -0.4 is 5.32 Å². The molecule has 1 aromatic heterocycles. The molecular weight excluding hydrogens is 457 g/mol. The molecule has 0 aliphatic rings. The summed E-state index contributed by atoms with van der Waals surface area (Å²) < 4.78 is 67.0. The summed E-state index contributed by atoms with van der Waals surface area (Å²) in [6.07, 6.45) is -4.52. The summed E-state index contributed by atoms with van der Waals surface area (Å²) in [6.45, 7) is 5.75. The minimum absolute atomic E-state index is 0.0626. The molecule has 0 bridgehead atoms. The normalized spacial score (nSPS) is 12.2. The van der Waals surface area contributed by atoms with E-state index in [9.17, 15) is 26.4 Å². The third-order valence-electron chi connectivity index (χ3n) is 4.95. The quantitative estimate of drug-likeness (QED) is 0.540. The first-order valence-corrected chi connectivity index (χ1v) is 11.6. The lowest BCUT2D eigenvalue weighted by molar-refractivity contribution is -0.137. The maximum absolute atomic E-state index is 13.1. The summed E-state index contributed by atoms with van der Waals surface area (Å²) >= 11 is 0. The Morgan fingerprint density at radius 1 is 1.06 bits per heavy atom. The molecule has 1 N–H and O–H groups in total. The maximum Gasteiger partial charge on any atom is 0.416 e.